The van der Waals surface area contributed by atoms with Crippen molar-refractivity contribution in [1.29, 1.82) is 0 Å². The van der Waals surface area contributed by atoms with E-state index in [1.54, 1.807) is 12.1 Å². The maximum atomic E-state index is 12.3. The molecule has 28 heavy (non-hydrogen) atoms. The lowest BCUT2D eigenvalue weighted by Gasteiger charge is -2.51. The summed E-state index contributed by atoms with van der Waals surface area (Å²) >= 11 is 0. The number of imidazole rings is 1. The molecule has 3 rings (SSSR count). The number of aryl methyl sites for hydroxylation is 2. The molecule has 0 unspecified atom stereocenters. The van der Waals surface area contributed by atoms with Crippen molar-refractivity contribution in [2.24, 2.45) is 12.5 Å². The van der Waals surface area contributed by atoms with E-state index in [0.29, 0.717) is 5.69 Å². The standard InChI is InChI=1S/C21H30N4O3/c1-6-7-10-28-18-12-17(21(18,3)4)24-20(27)19(26)23-14-8-9-16-15(11-14)22-13(2)25(16)5/h8-9,11,17-18H,6-7,10,12H2,1-5H3,(H,23,26)(H,24,27)/t17-,18-/m0/s1. The van der Waals surface area contributed by atoms with E-state index in [0.717, 1.165) is 42.7 Å². The molecule has 1 aromatic carbocycles. The molecule has 1 aromatic heterocycles. The lowest BCUT2D eigenvalue weighted by Crippen LogP contribution is -2.63. The molecule has 0 radical (unpaired) electrons. The lowest BCUT2D eigenvalue weighted by molar-refractivity contribution is -0.145. The number of nitrogens with zero attached hydrogens (tertiary/aromatic N) is 2. The van der Waals surface area contributed by atoms with E-state index in [1.807, 2.05) is 24.6 Å². The van der Waals surface area contributed by atoms with Gasteiger partial charge in [0.1, 0.15) is 5.82 Å². The van der Waals surface area contributed by atoms with Gasteiger partial charge in [-0.2, -0.15) is 0 Å². The number of benzene rings is 1. The van der Waals surface area contributed by atoms with E-state index in [9.17, 15) is 9.59 Å². The Bertz CT molecular complexity index is 887. The molecule has 1 aliphatic carbocycles. The molecule has 152 valence electrons. The van der Waals surface area contributed by atoms with Crippen LogP contribution in [0.4, 0.5) is 5.69 Å². The van der Waals surface area contributed by atoms with Crippen molar-refractivity contribution in [3.05, 3.63) is 24.0 Å². The van der Waals surface area contributed by atoms with Crippen LogP contribution in [0, 0.1) is 12.3 Å². The van der Waals surface area contributed by atoms with Crippen LogP contribution in [0.1, 0.15) is 45.9 Å². The van der Waals surface area contributed by atoms with Gasteiger partial charge >= 0.3 is 11.8 Å². The molecule has 2 aromatic rings. The smallest absolute Gasteiger partial charge is 0.313 e. The summed E-state index contributed by atoms with van der Waals surface area (Å²) < 4.78 is 7.87. The number of hydrogen-bond acceptors (Lipinski definition) is 4. The van der Waals surface area contributed by atoms with Gasteiger partial charge in [-0.05, 0) is 38.0 Å². The maximum absolute atomic E-state index is 12.3. The molecule has 2 atom stereocenters. The van der Waals surface area contributed by atoms with Crippen LogP contribution in [0.15, 0.2) is 18.2 Å². The fourth-order valence-electron chi connectivity index (χ4n) is 3.59. The highest BCUT2D eigenvalue weighted by Crippen LogP contribution is 2.42. The first-order valence-electron chi connectivity index (χ1n) is 9.90. The van der Waals surface area contributed by atoms with Crippen LogP contribution in [0.5, 0.6) is 0 Å². The summed E-state index contributed by atoms with van der Waals surface area (Å²) in [4.78, 5) is 29.1. The summed E-state index contributed by atoms with van der Waals surface area (Å²) in [5.74, 6) is -0.403. The van der Waals surface area contributed by atoms with Gasteiger partial charge in [0, 0.05) is 30.8 Å². The zero-order valence-electron chi connectivity index (χ0n) is 17.3. The average molecular weight is 386 g/mol. The molecule has 0 spiro atoms. The minimum atomic E-state index is -0.668. The fourth-order valence-corrected chi connectivity index (χ4v) is 3.59. The predicted octanol–water partition coefficient (Wildman–Crippen LogP) is 2.92. The van der Waals surface area contributed by atoms with Crippen LogP contribution in [0.3, 0.4) is 0 Å². The minimum absolute atomic E-state index is 0.0710. The quantitative estimate of drug-likeness (QED) is 0.590. The summed E-state index contributed by atoms with van der Waals surface area (Å²) in [6.07, 6.45) is 2.97. The third-order valence-corrected chi connectivity index (χ3v) is 5.87. The Balaban J connectivity index is 1.56. The monoisotopic (exact) mass is 386 g/mol. The number of unbranched alkanes of at least 4 members (excludes halogenated alkanes) is 1. The van der Waals surface area contributed by atoms with Crippen molar-refractivity contribution in [2.45, 2.75) is 59.1 Å². The van der Waals surface area contributed by atoms with Gasteiger partial charge in [-0.3, -0.25) is 9.59 Å². The van der Waals surface area contributed by atoms with Crippen molar-refractivity contribution in [3.63, 3.8) is 0 Å². The van der Waals surface area contributed by atoms with Gasteiger partial charge in [0.25, 0.3) is 0 Å². The number of rotatable bonds is 6. The molecule has 2 N–H and O–H groups in total. The topological polar surface area (TPSA) is 85.2 Å². The fraction of sp³-hybridized carbons (Fsp3) is 0.571. The van der Waals surface area contributed by atoms with E-state index >= 15 is 0 Å². The largest absolute Gasteiger partial charge is 0.378 e. The Morgan fingerprint density at radius 2 is 2.07 bits per heavy atom. The summed E-state index contributed by atoms with van der Waals surface area (Å²) in [5.41, 5.74) is 2.13. The second kappa shape index (κ2) is 7.91. The Kier molecular flexibility index (Phi) is 5.74. The number of anilines is 1. The minimum Gasteiger partial charge on any atom is -0.378 e. The Morgan fingerprint density at radius 3 is 2.75 bits per heavy atom. The normalized spacial score (nSPS) is 20.6. The van der Waals surface area contributed by atoms with Gasteiger partial charge in [-0.1, -0.05) is 27.2 Å². The lowest BCUT2D eigenvalue weighted by atomic mass is 9.64. The number of aromatic nitrogens is 2. The average Bonchev–Trinajstić information content (AvgIpc) is 2.93. The zero-order valence-corrected chi connectivity index (χ0v) is 17.3. The molecule has 2 amide bonds. The van der Waals surface area contributed by atoms with E-state index < -0.39 is 11.8 Å². The third kappa shape index (κ3) is 3.90. The SMILES string of the molecule is CCCCO[C@H]1C[C@H](NC(=O)C(=O)Nc2ccc3c(c2)nc(C)n3C)C1(C)C. The first kappa shape index (κ1) is 20.3. The molecule has 7 nitrogen and oxygen atoms in total. The first-order chi connectivity index (χ1) is 13.2. The van der Waals surface area contributed by atoms with Gasteiger partial charge in [0.2, 0.25) is 0 Å². The highest BCUT2D eigenvalue weighted by atomic mass is 16.5. The number of carbonyl (C=O) groups excluding carboxylic acids is 2. The van der Waals surface area contributed by atoms with E-state index in [1.165, 1.54) is 0 Å². The second-order valence-electron chi connectivity index (χ2n) is 8.17. The number of fused-ring (bicyclic) bond motifs is 1. The van der Waals surface area contributed by atoms with Gasteiger partial charge in [0.15, 0.2) is 0 Å². The van der Waals surface area contributed by atoms with Crippen molar-refractivity contribution in [1.82, 2.24) is 14.9 Å². The van der Waals surface area contributed by atoms with E-state index in [4.69, 9.17) is 4.74 Å². The molecule has 7 heteroatoms. The Labute approximate surface area is 165 Å². The summed E-state index contributed by atoms with van der Waals surface area (Å²) in [6, 6.07) is 5.37. The van der Waals surface area contributed by atoms with Gasteiger partial charge in [-0.15, -0.1) is 0 Å². The molecular weight excluding hydrogens is 356 g/mol. The molecular formula is C21H30N4O3. The molecule has 0 saturated heterocycles. The van der Waals surface area contributed by atoms with Gasteiger partial charge in [-0.25, -0.2) is 4.98 Å². The van der Waals surface area contributed by atoms with Crippen LogP contribution in [0.25, 0.3) is 11.0 Å². The Morgan fingerprint density at radius 1 is 1.32 bits per heavy atom. The molecule has 1 heterocycles. The van der Waals surface area contributed by atoms with Crippen LogP contribution < -0.4 is 10.6 Å². The summed E-state index contributed by atoms with van der Waals surface area (Å²) in [6.45, 7) is 8.91. The molecule has 0 aliphatic heterocycles. The number of hydrogen-bond donors (Lipinski definition) is 2. The van der Waals surface area contributed by atoms with Gasteiger partial charge in [0.05, 0.1) is 17.1 Å². The maximum Gasteiger partial charge on any atom is 0.313 e. The summed E-state index contributed by atoms with van der Waals surface area (Å²) in [5, 5.41) is 5.51. The molecule has 1 aliphatic rings. The van der Waals surface area contributed by atoms with Crippen LogP contribution in [-0.2, 0) is 21.4 Å². The molecule has 1 saturated carbocycles. The van der Waals surface area contributed by atoms with Crippen molar-refractivity contribution < 1.29 is 14.3 Å². The number of carbonyl (C=O) groups is 2. The molecule has 1 fully saturated rings. The second-order valence-corrected chi connectivity index (χ2v) is 8.17. The van der Waals surface area contributed by atoms with Crippen molar-refractivity contribution >= 4 is 28.5 Å². The zero-order chi connectivity index (χ0) is 20.5. The van der Waals surface area contributed by atoms with Crippen molar-refractivity contribution in [3.8, 4) is 0 Å². The first-order valence-corrected chi connectivity index (χ1v) is 9.90. The summed E-state index contributed by atoms with van der Waals surface area (Å²) in [7, 11) is 1.94. The molecule has 0 bridgehead atoms. The predicted molar refractivity (Wildman–Crippen MR) is 109 cm³/mol. The number of nitrogens with one attached hydrogen (secondary N) is 2. The third-order valence-electron chi connectivity index (χ3n) is 5.87. The van der Waals surface area contributed by atoms with E-state index in [2.05, 4.69) is 36.4 Å². The highest BCUT2D eigenvalue weighted by molar-refractivity contribution is 6.39. The van der Waals surface area contributed by atoms with Crippen molar-refractivity contribution in [2.75, 3.05) is 11.9 Å². The highest BCUT2D eigenvalue weighted by Gasteiger charge is 2.50. The van der Waals surface area contributed by atoms with E-state index in [-0.39, 0.29) is 17.6 Å². The van der Waals surface area contributed by atoms with Crippen LogP contribution >= 0.6 is 0 Å². The van der Waals surface area contributed by atoms with Gasteiger partial charge < -0.3 is 19.9 Å². The van der Waals surface area contributed by atoms with Crippen LogP contribution in [-0.4, -0.2) is 40.1 Å². The number of ether oxygens (including phenoxy) is 1. The Hall–Kier alpha value is -2.41. The number of amides is 2. The van der Waals surface area contributed by atoms with Crippen LogP contribution in [0.2, 0.25) is 0 Å².